The molecule has 8 nitrogen and oxygen atoms in total. The Hall–Kier alpha value is -3.38. The lowest BCUT2D eigenvalue weighted by atomic mass is 9.98. The number of hydrogen-bond donors (Lipinski definition) is 2. The van der Waals surface area contributed by atoms with E-state index in [0.29, 0.717) is 14.9 Å². The predicted octanol–water partition coefficient (Wildman–Crippen LogP) is 6.18. The molecule has 0 saturated carbocycles. The third kappa shape index (κ3) is 6.73. The number of benzene rings is 3. The zero-order chi connectivity index (χ0) is 27.4. The molecule has 38 heavy (non-hydrogen) atoms. The number of carbonyl (C=O) groups excluding carboxylic acids is 2. The Bertz CT molecular complexity index is 1330. The molecule has 1 aliphatic rings. The summed E-state index contributed by atoms with van der Waals surface area (Å²) in [7, 11) is -2.10. The topological polar surface area (TPSA) is 111 Å². The van der Waals surface area contributed by atoms with Crippen LogP contribution in [0.4, 0.5) is 9.59 Å². The number of halogens is 1. The van der Waals surface area contributed by atoms with Crippen LogP contribution < -0.4 is 10.1 Å². The third-order valence-corrected chi connectivity index (χ3v) is 7.57. The van der Waals surface area contributed by atoms with Gasteiger partial charge in [-0.2, -0.15) is 0 Å². The third-order valence-electron chi connectivity index (χ3n) is 5.95. The van der Waals surface area contributed by atoms with Crippen LogP contribution in [0.3, 0.4) is 0 Å². The maximum atomic E-state index is 12.6. The summed E-state index contributed by atoms with van der Waals surface area (Å²) in [5, 5.41) is 12.2. The van der Waals surface area contributed by atoms with Crippen molar-refractivity contribution in [2.24, 2.45) is 0 Å². The maximum absolute atomic E-state index is 12.6. The lowest BCUT2D eigenvalue weighted by Crippen LogP contribution is -2.42. The van der Waals surface area contributed by atoms with Gasteiger partial charge in [-0.25, -0.2) is 14.4 Å². The molecule has 2 N–H and O–H groups in total. The molecule has 198 valence electrons. The van der Waals surface area contributed by atoms with Crippen LogP contribution in [0, 0.1) is 3.57 Å². The van der Waals surface area contributed by atoms with Gasteiger partial charge in [-0.1, -0.05) is 54.6 Å². The van der Waals surface area contributed by atoms with Gasteiger partial charge in [-0.05, 0) is 82.2 Å². The smallest absolute Gasteiger partial charge is 0.489 e. The molecule has 0 radical (unpaired) electrons. The molecule has 0 unspecified atom stereocenters. The zero-order valence-electron chi connectivity index (χ0n) is 21.2. The molecule has 1 amide bonds. The number of aliphatic carboxylic acids is 1. The minimum atomic E-state index is -2.10. The van der Waals surface area contributed by atoms with E-state index in [1.54, 1.807) is 18.2 Å². The molecule has 0 heterocycles. The quantitative estimate of drug-likeness (QED) is 0.130. The summed E-state index contributed by atoms with van der Waals surface area (Å²) in [4.78, 5) is 36.5. The molecule has 4 rings (SSSR count). The van der Waals surface area contributed by atoms with Crippen LogP contribution in [0.25, 0.3) is 11.1 Å². The Morgan fingerprint density at radius 3 is 2.13 bits per heavy atom. The van der Waals surface area contributed by atoms with Crippen LogP contribution in [0.5, 0.6) is 5.75 Å². The molecule has 10 heteroatoms. The van der Waals surface area contributed by atoms with Crippen molar-refractivity contribution in [1.29, 1.82) is 0 Å². The van der Waals surface area contributed by atoms with Crippen LogP contribution in [0.15, 0.2) is 66.7 Å². The molecule has 0 saturated heterocycles. The summed E-state index contributed by atoms with van der Waals surface area (Å²) < 4.78 is 16.7. The Kier molecular flexibility index (Phi) is 8.41. The summed E-state index contributed by atoms with van der Waals surface area (Å²) in [6, 6.07) is 19.7. The van der Waals surface area contributed by atoms with Gasteiger partial charge in [-0.15, -0.1) is 0 Å². The summed E-state index contributed by atoms with van der Waals surface area (Å²) >= 11 is 2.00. The number of amides is 1. The molecule has 1 aliphatic carbocycles. The van der Waals surface area contributed by atoms with Gasteiger partial charge in [0.1, 0.15) is 18.4 Å². The van der Waals surface area contributed by atoms with Crippen LogP contribution >= 0.6 is 22.6 Å². The minimum Gasteiger partial charge on any atom is -0.489 e. The normalized spacial score (nSPS) is 13.2. The number of carboxylic acid groups (broad SMARTS) is 1. The fourth-order valence-electron chi connectivity index (χ4n) is 4.33. The van der Waals surface area contributed by atoms with E-state index in [-0.39, 0.29) is 18.9 Å². The number of ether oxygens (including phenoxy) is 2. The molecular weight excluding hydrogens is 617 g/mol. The van der Waals surface area contributed by atoms with E-state index < -0.39 is 32.6 Å². The van der Waals surface area contributed by atoms with Gasteiger partial charge < -0.3 is 24.3 Å². The number of rotatable bonds is 8. The molecular formula is C28H28INO7Si. The van der Waals surface area contributed by atoms with E-state index in [1.165, 1.54) is 0 Å². The van der Waals surface area contributed by atoms with Gasteiger partial charge in [0.25, 0.3) is 8.32 Å². The van der Waals surface area contributed by atoms with E-state index in [9.17, 15) is 19.5 Å². The molecule has 0 spiro atoms. The lowest BCUT2D eigenvalue weighted by Gasteiger charge is -2.18. The van der Waals surface area contributed by atoms with Gasteiger partial charge in [0.05, 0.1) is 3.57 Å². The minimum absolute atomic E-state index is 0.0230. The number of hydrogen-bond acceptors (Lipinski definition) is 6. The first-order chi connectivity index (χ1) is 18.0. The van der Waals surface area contributed by atoms with Crippen LogP contribution in [-0.2, 0) is 20.4 Å². The van der Waals surface area contributed by atoms with Crippen molar-refractivity contribution in [3.8, 4) is 16.9 Å². The van der Waals surface area contributed by atoms with Crippen molar-refractivity contribution >= 4 is 49.1 Å². The van der Waals surface area contributed by atoms with Gasteiger partial charge >= 0.3 is 18.2 Å². The first kappa shape index (κ1) is 27.6. The van der Waals surface area contributed by atoms with Crippen molar-refractivity contribution < 1.29 is 33.4 Å². The van der Waals surface area contributed by atoms with Crippen LogP contribution in [0.2, 0.25) is 19.6 Å². The van der Waals surface area contributed by atoms with Crippen LogP contribution in [0.1, 0.15) is 22.6 Å². The monoisotopic (exact) mass is 645 g/mol. The fourth-order valence-corrected chi connectivity index (χ4v) is 5.56. The van der Waals surface area contributed by atoms with E-state index >= 15 is 0 Å². The molecule has 0 aliphatic heterocycles. The summed E-state index contributed by atoms with van der Waals surface area (Å²) in [5.74, 6) is -1.00. The predicted molar refractivity (Wildman–Crippen MR) is 153 cm³/mol. The summed E-state index contributed by atoms with van der Waals surface area (Å²) in [6.45, 7) is 5.71. The zero-order valence-corrected chi connectivity index (χ0v) is 24.4. The Morgan fingerprint density at radius 2 is 1.58 bits per heavy atom. The summed E-state index contributed by atoms with van der Waals surface area (Å²) in [6.07, 6.45) is -1.55. The second-order valence-corrected chi connectivity index (χ2v) is 15.5. The van der Waals surface area contributed by atoms with Crippen molar-refractivity contribution in [3.05, 3.63) is 87.0 Å². The molecule has 0 fully saturated rings. The fraction of sp³-hybridized carbons (Fsp3) is 0.250. The number of alkyl carbamates (subject to hydrolysis) is 1. The first-order valence-electron chi connectivity index (χ1n) is 12.1. The number of nitrogens with one attached hydrogen (secondary N) is 1. The molecule has 1 atom stereocenters. The lowest BCUT2D eigenvalue weighted by molar-refractivity contribution is -0.139. The SMILES string of the molecule is C[Si](C)(C)OC(=O)Oc1ccc(C[C@@H](NC(=O)OCC2c3ccccc3-c3ccccc32)C(=O)O)cc1I. The van der Waals surface area contributed by atoms with Crippen molar-refractivity contribution in [2.45, 2.75) is 38.0 Å². The van der Waals surface area contributed by atoms with E-state index in [2.05, 4.69) is 5.32 Å². The molecule has 0 bridgehead atoms. The highest BCUT2D eigenvalue weighted by molar-refractivity contribution is 14.1. The van der Waals surface area contributed by atoms with Gasteiger partial charge in [0.2, 0.25) is 0 Å². The highest BCUT2D eigenvalue weighted by Gasteiger charge is 2.30. The highest BCUT2D eigenvalue weighted by atomic mass is 127. The van der Waals surface area contributed by atoms with Crippen molar-refractivity contribution in [3.63, 3.8) is 0 Å². The van der Waals surface area contributed by atoms with E-state index in [0.717, 1.165) is 22.3 Å². The Balaban J connectivity index is 1.37. The number of carbonyl (C=O) groups is 3. The van der Waals surface area contributed by atoms with Gasteiger partial charge in [-0.3, -0.25) is 0 Å². The van der Waals surface area contributed by atoms with Gasteiger partial charge in [0.15, 0.2) is 0 Å². The van der Waals surface area contributed by atoms with Crippen LogP contribution in [-0.4, -0.2) is 44.3 Å². The average molecular weight is 646 g/mol. The number of carboxylic acids is 1. The standard InChI is InChI=1S/C28H28INO7Si/c1-38(2,3)37-28(34)36-25-13-12-17(14-23(25)29)15-24(26(31)32)30-27(33)35-16-22-20-10-6-4-8-18(20)19-9-5-7-11-21(19)22/h4-14,22,24H,15-16H2,1-3H3,(H,30,33)(H,31,32)/t24-/m1/s1. The first-order valence-corrected chi connectivity index (χ1v) is 16.5. The highest BCUT2D eigenvalue weighted by Crippen LogP contribution is 2.44. The van der Waals surface area contributed by atoms with Crippen molar-refractivity contribution in [1.82, 2.24) is 5.32 Å². The Labute approximate surface area is 235 Å². The van der Waals surface area contributed by atoms with E-state index in [4.69, 9.17) is 13.9 Å². The average Bonchev–Trinajstić information content (AvgIpc) is 3.16. The molecule has 3 aromatic rings. The van der Waals surface area contributed by atoms with Gasteiger partial charge in [0, 0.05) is 12.3 Å². The molecule has 0 aromatic heterocycles. The second-order valence-electron chi connectivity index (χ2n) is 9.90. The number of fused-ring (bicyclic) bond motifs is 3. The largest absolute Gasteiger partial charge is 0.499 e. The van der Waals surface area contributed by atoms with E-state index in [1.807, 2.05) is 90.8 Å². The Morgan fingerprint density at radius 1 is 0.974 bits per heavy atom. The van der Waals surface area contributed by atoms with Crippen molar-refractivity contribution in [2.75, 3.05) is 6.61 Å². The molecule has 3 aromatic carbocycles. The second kappa shape index (κ2) is 11.6. The summed E-state index contributed by atoms with van der Waals surface area (Å²) in [5.41, 5.74) is 5.00. The maximum Gasteiger partial charge on any atom is 0.499 e.